The number of carbonyl (C=O) groups excluding carboxylic acids is 2. The lowest BCUT2D eigenvalue weighted by Gasteiger charge is -2.61. The molecule has 8 fully saturated rings. The fourth-order valence-corrected chi connectivity index (χ4v) is 20.9. The van der Waals surface area contributed by atoms with Gasteiger partial charge >= 0.3 is 40.4 Å². The largest absolute Gasteiger partial charge is 0.494 e. The molecule has 0 bridgehead atoms. The number of allylic oxidation sites excluding steroid dienone is 1. The van der Waals surface area contributed by atoms with Crippen molar-refractivity contribution in [3.63, 3.8) is 0 Å². The molecule has 117 heavy (non-hydrogen) atoms. The summed E-state index contributed by atoms with van der Waals surface area (Å²) in [6.07, 6.45) is 19.7. The Labute approximate surface area is 710 Å². The number of hydrogen-bond donors (Lipinski definition) is 0. The summed E-state index contributed by atoms with van der Waals surface area (Å²) in [6, 6.07) is 38.5. The lowest BCUT2D eigenvalue weighted by molar-refractivity contribution is -0.121. The molecule has 14 rings (SSSR count). The highest BCUT2D eigenvalue weighted by Crippen LogP contribution is 2.69. The first-order valence-electron chi connectivity index (χ1n) is 43.7. The number of esters is 2. The SMILES string of the molecule is CC(C)CCC[C@@H](C)[C@H]1CC[C@H]2[C@@H]3CC[C@H]4C[C@@H](CCC=C(c5cc(Cl)c(OCc6ccc(B7OC(C)(C)C(C)(C)O7)cc6)c(C(=O)OCc6ccc(B7OC(C)(C)C(C)(C)O7)cc6)c5)c5cc(Cl)c(OCc6ccc(B7OC(C)(C)C(C)(C)O7)cc6)c(C(=O)OCc6ccc(B7OC(C)(C)C(C)(C)O7)cc6)c5)CC[C@]4(C)[C@H]3CC[C@]12C. The first kappa shape index (κ1) is 87.5. The van der Waals surface area contributed by atoms with Crippen molar-refractivity contribution < 1.29 is 65.8 Å². The van der Waals surface area contributed by atoms with E-state index in [2.05, 4.69) is 40.7 Å². The van der Waals surface area contributed by atoms with E-state index in [0.29, 0.717) is 45.8 Å². The summed E-state index contributed by atoms with van der Waals surface area (Å²) in [5.41, 5.74) is 5.30. The average Bonchev–Trinajstić information content (AvgIpc) is 1.69. The minimum Gasteiger partial charge on any atom is -0.486 e. The van der Waals surface area contributed by atoms with Gasteiger partial charge in [-0.05, 0) is 325 Å². The zero-order valence-electron chi connectivity index (χ0n) is 73.8. The Morgan fingerprint density at radius 3 is 1.17 bits per heavy atom. The molecule has 4 heterocycles. The van der Waals surface area contributed by atoms with Gasteiger partial charge in [-0.1, -0.05) is 180 Å². The molecule has 0 unspecified atom stereocenters. The van der Waals surface area contributed by atoms with Crippen molar-refractivity contribution in [2.24, 2.45) is 58.2 Å². The lowest BCUT2D eigenvalue weighted by Crippen LogP contribution is -2.53. The molecule has 14 nitrogen and oxygen atoms in total. The van der Waals surface area contributed by atoms with Gasteiger partial charge in [0.05, 0.1) is 54.9 Å². The average molecular weight is 1630 g/mol. The van der Waals surface area contributed by atoms with E-state index in [1.54, 1.807) is 12.1 Å². The molecule has 4 aliphatic heterocycles. The first-order valence-corrected chi connectivity index (χ1v) is 44.5. The molecule has 4 saturated carbocycles. The molecular weight excluding hydrogens is 1500 g/mol. The van der Waals surface area contributed by atoms with Crippen LogP contribution in [0.25, 0.3) is 5.57 Å². The number of ether oxygens (including phenoxy) is 4. The fraction of sp³-hybridized carbons (Fsp3) is 0.588. The number of fused-ring (bicyclic) bond motifs is 5. The van der Waals surface area contributed by atoms with Crippen LogP contribution in [0.4, 0.5) is 0 Å². The Bertz CT molecular complexity index is 4300. The van der Waals surface area contributed by atoms with E-state index < -0.39 is 85.2 Å². The van der Waals surface area contributed by atoms with Crippen LogP contribution in [-0.4, -0.2) is 85.2 Å². The fourth-order valence-electron chi connectivity index (χ4n) is 20.4. The second-order valence-corrected chi connectivity index (χ2v) is 41.6. The Hall–Kier alpha value is -5.88. The van der Waals surface area contributed by atoms with Crippen molar-refractivity contribution >= 4 is 91.0 Å². The smallest absolute Gasteiger partial charge is 0.486 e. The molecule has 0 radical (unpaired) electrons. The minimum absolute atomic E-state index is 0.0597. The van der Waals surface area contributed by atoms with Crippen molar-refractivity contribution in [1.29, 1.82) is 0 Å². The first-order chi connectivity index (χ1) is 55.0. The number of rotatable bonds is 26. The van der Waals surface area contributed by atoms with Gasteiger partial charge in [-0.15, -0.1) is 0 Å². The third-order valence-corrected chi connectivity index (χ3v) is 31.1. The quantitative estimate of drug-likeness (QED) is 0.0375. The van der Waals surface area contributed by atoms with Crippen LogP contribution in [-0.2, 0) is 73.1 Å². The van der Waals surface area contributed by atoms with E-state index in [0.717, 1.165) is 86.0 Å². The monoisotopic (exact) mass is 1630 g/mol. The van der Waals surface area contributed by atoms with Crippen LogP contribution < -0.4 is 31.3 Å². The van der Waals surface area contributed by atoms with Gasteiger partial charge < -0.3 is 56.2 Å². The summed E-state index contributed by atoms with van der Waals surface area (Å²) >= 11 is 15.3. The maximum absolute atomic E-state index is 15.4. The Kier molecular flexibility index (Phi) is 25.0. The second kappa shape index (κ2) is 33.4. The van der Waals surface area contributed by atoms with Crippen molar-refractivity contribution in [3.05, 3.63) is 182 Å². The van der Waals surface area contributed by atoms with Gasteiger partial charge in [0.15, 0.2) is 11.5 Å². The zero-order valence-corrected chi connectivity index (χ0v) is 75.3. The van der Waals surface area contributed by atoms with Crippen molar-refractivity contribution in [3.8, 4) is 11.5 Å². The van der Waals surface area contributed by atoms with Crippen LogP contribution >= 0.6 is 23.2 Å². The molecule has 0 N–H and O–H groups in total. The van der Waals surface area contributed by atoms with Gasteiger partial charge in [0.25, 0.3) is 0 Å². The molecular formula is C97H128B4Cl2O14. The third kappa shape index (κ3) is 17.9. The number of halogens is 2. The van der Waals surface area contributed by atoms with Gasteiger partial charge in [-0.3, -0.25) is 0 Å². The van der Waals surface area contributed by atoms with E-state index in [1.165, 1.54) is 77.0 Å². The minimum atomic E-state index is -0.653. The van der Waals surface area contributed by atoms with E-state index in [4.69, 9.17) is 79.4 Å². The van der Waals surface area contributed by atoms with Gasteiger partial charge in [-0.25, -0.2) is 9.59 Å². The van der Waals surface area contributed by atoms with Crippen LogP contribution in [0.15, 0.2) is 127 Å². The van der Waals surface area contributed by atoms with Crippen molar-refractivity contribution in [2.75, 3.05) is 0 Å². The highest BCUT2D eigenvalue weighted by atomic mass is 35.5. The summed E-state index contributed by atoms with van der Waals surface area (Å²) in [5.74, 6) is 4.96. The van der Waals surface area contributed by atoms with E-state index in [1.807, 2.05) is 220 Å². The van der Waals surface area contributed by atoms with Gasteiger partial charge in [-0.2, -0.15) is 0 Å². The van der Waals surface area contributed by atoms with Gasteiger partial charge in [0.2, 0.25) is 0 Å². The molecule has 0 spiro atoms. The van der Waals surface area contributed by atoms with E-state index in [-0.39, 0.29) is 59.1 Å². The molecule has 0 aromatic heterocycles. The van der Waals surface area contributed by atoms with Gasteiger partial charge in [0, 0.05) is 0 Å². The van der Waals surface area contributed by atoms with E-state index in [9.17, 15) is 0 Å². The van der Waals surface area contributed by atoms with Crippen molar-refractivity contribution in [1.82, 2.24) is 0 Å². The highest BCUT2D eigenvalue weighted by molar-refractivity contribution is 6.63. The lowest BCUT2D eigenvalue weighted by atomic mass is 9.44. The number of hydrogen-bond acceptors (Lipinski definition) is 14. The third-order valence-electron chi connectivity index (χ3n) is 30.6. The van der Waals surface area contributed by atoms with Crippen LogP contribution in [0.2, 0.25) is 10.0 Å². The molecule has 4 saturated heterocycles. The maximum atomic E-state index is 15.4. The summed E-state index contributed by atoms with van der Waals surface area (Å²) < 4.78 is 77.4. The number of benzene rings is 6. The summed E-state index contributed by atoms with van der Waals surface area (Å²) in [4.78, 5) is 30.7. The Balaban J connectivity index is 0.795. The normalized spacial score (nSPS) is 27.0. The molecule has 0 amide bonds. The number of carbonyl (C=O) groups is 2. The predicted octanol–water partition coefficient (Wildman–Crippen LogP) is 21.0. The predicted molar refractivity (Wildman–Crippen MR) is 471 cm³/mol. The molecule has 6 aromatic rings. The summed E-state index contributed by atoms with van der Waals surface area (Å²) in [5, 5.41) is 0.361. The van der Waals surface area contributed by atoms with Crippen LogP contribution in [0.1, 0.15) is 289 Å². The standard InChI is InChI=1S/C97H128B4Cl2O14/c1-61(2)24-22-25-62(3)79-46-47-80-76-45-36-70-52-63(48-50-96(70,20)81(76)49-51-97(79,80)21)26-23-27-75(68-53-77(86(104)108-59-66-32-41-73(42-33-66)100-114-92(12,13)93(14,15)115-100)84(82(102)55-68)106-57-64-28-37-71(38-29-64)98-110-88(4,5)89(6,7)111-98)69-54-78(87(105)109-60-67-34-43-74(44-35-67)101-116-94(16,17)95(18,19)117-101)85(83(103)56-69)107-58-65-30-39-72(40-31-65)99-112-90(8,9)91(10,11)113-99/h27-35,37-44,53-56,61-63,70,76,79-81H,22-26,36,45-52,57-60H2,1-21H3/t62-,63+,70+,76+,79-,80+,81+,96+,97-/m1/s1. The molecule has 20 heteroatoms. The maximum Gasteiger partial charge on any atom is 0.494 e. The van der Waals surface area contributed by atoms with Crippen LogP contribution in [0, 0.1) is 58.2 Å². The Morgan fingerprint density at radius 1 is 0.436 bits per heavy atom. The van der Waals surface area contributed by atoms with Crippen LogP contribution in [0.5, 0.6) is 11.5 Å². The van der Waals surface area contributed by atoms with Crippen LogP contribution in [0.3, 0.4) is 0 Å². The molecule has 6 aromatic carbocycles. The second-order valence-electron chi connectivity index (χ2n) is 40.7. The molecule has 626 valence electrons. The van der Waals surface area contributed by atoms with E-state index >= 15 is 9.59 Å². The van der Waals surface area contributed by atoms with Crippen molar-refractivity contribution in [2.45, 2.75) is 307 Å². The highest BCUT2D eigenvalue weighted by Gasteiger charge is 2.62. The zero-order chi connectivity index (χ0) is 84.0. The summed E-state index contributed by atoms with van der Waals surface area (Å²) in [7, 11) is -2.24. The summed E-state index contributed by atoms with van der Waals surface area (Å²) in [6.45, 7) is 45.3. The molecule has 8 aliphatic rings. The Morgan fingerprint density at radius 2 is 0.795 bits per heavy atom. The molecule has 4 aliphatic carbocycles. The molecule has 9 atom stereocenters. The topological polar surface area (TPSA) is 145 Å². The van der Waals surface area contributed by atoms with Gasteiger partial charge in [0.1, 0.15) is 37.6 Å².